The Balaban J connectivity index is 3.49. The Morgan fingerprint density at radius 2 is 2.43 bits per heavy atom. The van der Waals surface area contributed by atoms with Crippen LogP contribution in [0.15, 0.2) is 11.9 Å². The summed E-state index contributed by atoms with van der Waals surface area (Å²) in [5, 5.41) is 1.41. The second-order valence-electron chi connectivity index (χ2n) is 0.871. The lowest BCUT2D eigenvalue weighted by Crippen LogP contribution is -1.99. The van der Waals surface area contributed by atoms with Crippen molar-refractivity contribution in [3.8, 4) is 0 Å². The number of allylic oxidation sites excluding steroid dienone is 1. The molecule has 0 fully saturated rings. The Labute approximate surface area is 61.6 Å². The summed E-state index contributed by atoms with van der Waals surface area (Å²) < 4.78 is 2.70. The minimum Gasteiger partial charge on any atom is -0.397 e. The molecule has 0 aromatic rings. The Kier molecular flexibility index (Phi) is 4.42. The fourth-order valence-electron chi connectivity index (χ4n) is 0.0970. The molecule has 0 aromatic heterocycles. The highest BCUT2D eigenvalue weighted by Gasteiger charge is 1.73. The summed E-state index contributed by atoms with van der Waals surface area (Å²) in [5.74, 6) is 0. The molecule has 0 atom stereocenters. The smallest absolute Gasteiger partial charge is 0.0589 e. The Morgan fingerprint density at radius 3 is 2.57 bits per heavy atom. The Hall–Kier alpha value is 0.160. The van der Waals surface area contributed by atoms with Crippen molar-refractivity contribution in [1.82, 2.24) is 3.53 Å². The molecule has 3 N–H and O–H groups in total. The second kappa shape index (κ2) is 4.32. The van der Waals surface area contributed by atoms with Crippen LogP contribution in [0, 0.1) is 0 Å². The molecule has 0 aromatic carbocycles. The highest BCUT2D eigenvalue weighted by Crippen LogP contribution is 1.76. The van der Waals surface area contributed by atoms with Gasteiger partial charge in [0, 0.05) is 11.6 Å². The van der Waals surface area contributed by atoms with Crippen LogP contribution in [0.3, 0.4) is 0 Å². The van der Waals surface area contributed by atoms with Crippen molar-refractivity contribution in [3.05, 3.63) is 11.9 Å². The maximum Gasteiger partial charge on any atom is 0.0589 e. The number of nitrogens with two attached hydrogens (primary N) is 1. The summed E-state index contributed by atoms with van der Waals surface area (Å²) in [7, 11) is 0. The zero-order chi connectivity index (χ0) is 5.70. The van der Waals surface area contributed by atoms with E-state index in [0.29, 0.717) is 5.70 Å². The molecule has 0 aliphatic rings. The quantitative estimate of drug-likeness (QED) is 0.316. The number of rotatable bonds is 2. The minimum absolute atomic E-state index is 0.574. The van der Waals surface area contributed by atoms with E-state index >= 15 is 0 Å². The van der Waals surface area contributed by atoms with Gasteiger partial charge >= 0.3 is 0 Å². The normalized spacial score (nSPS) is 10.7. The van der Waals surface area contributed by atoms with E-state index < -0.39 is 0 Å². The molecule has 0 radical (unpaired) electrons. The van der Waals surface area contributed by atoms with Crippen molar-refractivity contribution in [1.29, 1.82) is 0 Å². The van der Waals surface area contributed by atoms with Gasteiger partial charge in [-0.3, -0.25) is 0 Å². The second-order valence-corrected chi connectivity index (χ2v) is 1.73. The van der Waals surface area contributed by atoms with Crippen molar-refractivity contribution in [2.45, 2.75) is 0 Å². The Morgan fingerprint density at radius 1 is 1.86 bits per heavy atom. The van der Waals surface area contributed by atoms with Gasteiger partial charge in [0.1, 0.15) is 0 Å². The molecular formula is C3H5IN2S. The maximum atomic E-state index is 5.22. The number of halogens is 1. The first-order valence-corrected chi connectivity index (χ1v) is 3.13. The first kappa shape index (κ1) is 7.16. The van der Waals surface area contributed by atoms with Crippen molar-refractivity contribution < 1.29 is 0 Å². The highest BCUT2D eigenvalue weighted by atomic mass is 127. The summed E-state index contributed by atoms with van der Waals surface area (Å²) in [4.78, 5) is 0. The Bertz CT molecular complexity index is 90.9. The molecule has 0 unspecified atom stereocenters. The summed E-state index contributed by atoms with van der Waals surface area (Å²) in [6.45, 7) is 0. The van der Waals surface area contributed by atoms with Gasteiger partial charge in [-0.25, -0.2) is 0 Å². The molecule has 40 valence electrons. The fourth-order valence-corrected chi connectivity index (χ4v) is 0.525. The van der Waals surface area contributed by atoms with Crippen LogP contribution in [0.5, 0.6) is 0 Å². The van der Waals surface area contributed by atoms with E-state index in [4.69, 9.17) is 5.73 Å². The van der Waals surface area contributed by atoms with Gasteiger partial charge in [-0.1, -0.05) is 12.2 Å². The summed E-state index contributed by atoms with van der Waals surface area (Å²) >= 11 is 6.43. The first-order valence-electron chi connectivity index (χ1n) is 1.58. The molecule has 0 saturated heterocycles. The zero-order valence-electron chi connectivity index (χ0n) is 3.52. The molecule has 0 aliphatic carbocycles. The lowest BCUT2D eigenvalue weighted by atomic mass is 10.6. The third-order valence-corrected chi connectivity index (χ3v) is 0.941. The van der Waals surface area contributed by atoms with Gasteiger partial charge in [0.2, 0.25) is 0 Å². The topological polar surface area (TPSA) is 38.0 Å². The highest BCUT2D eigenvalue weighted by molar-refractivity contribution is 14.1. The van der Waals surface area contributed by atoms with Crippen LogP contribution in [0.2, 0.25) is 0 Å². The van der Waals surface area contributed by atoms with Crippen molar-refractivity contribution in [2.75, 3.05) is 0 Å². The molecule has 0 amide bonds. The van der Waals surface area contributed by atoms with Crippen LogP contribution >= 0.6 is 35.1 Å². The van der Waals surface area contributed by atoms with Crippen LogP contribution in [-0.2, 0) is 0 Å². The predicted octanol–water partition coefficient (Wildman–Crippen LogP) is 0.726. The third kappa shape index (κ3) is 4.00. The standard InChI is InChI=1S/C3H5IN2S/c4-6-1-3(5)2-7/h1-2,6H,5H2. The first-order chi connectivity index (χ1) is 3.31. The number of nitrogens with one attached hydrogen (secondary N) is 1. The SMILES string of the molecule is NC(C=S)=CNI. The zero-order valence-corrected chi connectivity index (χ0v) is 6.49. The molecule has 7 heavy (non-hydrogen) atoms. The van der Waals surface area contributed by atoms with Crippen LogP contribution in [0.1, 0.15) is 0 Å². The largest absolute Gasteiger partial charge is 0.397 e. The monoisotopic (exact) mass is 228 g/mol. The predicted molar refractivity (Wildman–Crippen MR) is 43.1 cm³/mol. The lowest BCUT2D eigenvalue weighted by Gasteiger charge is -1.84. The third-order valence-electron chi connectivity index (χ3n) is 0.357. The van der Waals surface area contributed by atoms with Crippen LogP contribution in [0.4, 0.5) is 0 Å². The molecule has 4 heteroatoms. The molecule has 0 bridgehead atoms. The molecular weight excluding hydrogens is 223 g/mol. The average molecular weight is 228 g/mol. The molecule has 0 rings (SSSR count). The van der Waals surface area contributed by atoms with Crippen LogP contribution < -0.4 is 9.26 Å². The lowest BCUT2D eigenvalue weighted by molar-refractivity contribution is 1.39. The van der Waals surface area contributed by atoms with E-state index in [1.807, 2.05) is 22.9 Å². The van der Waals surface area contributed by atoms with Gasteiger partial charge in [-0.05, 0) is 0 Å². The molecule has 2 nitrogen and oxygen atoms in total. The summed E-state index contributed by atoms with van der Waals surface area (Å²) in [5.41, 5.74) is 5.79. The minimum atomic E-state index is 0.574. The molecule has 0 saturated carbocycles. The van der Waals surface area contributed by atoms with Gasteiger partial charge in [0.15, 0.2) is 0 Å². The van der Waals surface area contributed by atoms with Gasteiger partial charge in [-0.2, -0.15) is 0 Å². The van der Waals surface area contributed by atoms with Crippen molar-refractivity contribution in [3.63, 3.8) is 0 Å². The molecule has 0 heterocycles. The van der Waals surface area contributed by atoms with Crippen LogP contribution in [0.25, 0.3) is 0 Å². The summed E-state index contributed by atoms with van der Waals surface area (Å²) in [6, 6.07) is 0. The number of hydrogen-bond acceptors (Lipinski definition) is 3. The summed E-state index contributed by atoms with van der Waals surface area (Å²) in [6.07, 6.45) is 1.62. The van der Waals surface area contributed by atoms with E-state index in [-0.39, 0.29) is 0 Å². The molecule has 0 aliphatic heterocycles. The molecule has 0 spiro atoms. The van der Waals surface area contributed by atoms with E-state index in [9.17, 15) is 0 Å². The van der Waals surface area contributed by atoms with Gasteiger partial charge in [0.25, 0.3) is 0 Å². The van der Waals surface area contributed by atoms with Crippen molar-refractivity contribution >= 4 is 40.4 Å². The fraction of sp³-hybridized carbons (Fsp3) is 0. The number of thiocarbonyl (C=S) groups is 1. The van der Waals surface area contributed by atoms with Crippen molar-refractivity contribution in [2.24, 2.45) is 5.73 Å². The van der Waals surface area contributed by atoms with Gasteiger partial charge in [0.05, 0.1) is 28.6 Å². The van der Waals surface area contributed by atoms with Crippen LogP contribution in [-0.4, -0.2) is 5.37 Å². The van der Waals surface area contributed by atoms with E-state index in [0.717, 1.165) is 0 Å². The number of hydrogen-bond donors (Lipinski definition) is 2. The van der Waals surface area contributed by atoms with E-state index in [2.05, 4.69) is 15.7 Å². The van der Waals surface area contributed by atoms with E-state index in [1.165, 1.54) is 5.37 Å². The van der Waals surface area contributed by atoms with Gasteiger partial charge in [-0.15, -0.1) is 0 Å². The maximum absolute atomic E-state index is 5.22. The average Bonchev–Trinajstić information content (AvgIpc) is 1.68. The van der Waals surface area contributed by atoms with E-state index in [1.54, 1.807) is 6.20 Å². The van der Waals surface area contributed by atoms with Gasteiger partial charge < -0.3 is 9.26 Å².